The van der Waals surface area contributed by atoms with Crippen LogP contribution in [0.5, 0.6) is 5.75 Å². The molecular weight excluding hydrogens is 216 g/mol. The van der Waals surface area contributed by atoms with E-state index in [0.29, 0.717) is 6.42 Å². The van der Waals surface area contributed by atoms with Crippen LogP contribution < -0.4 is 10.5 Å². The van der Waals surface area contributed by atoms with Crippen LogP contribution in [0.4, 0.5) is 8.78 Å². The van der Waals surface area contributed by atoms with Crippen molar-refractivity contribution in [1.29, 1.82) is 0 Å². The van der Waals surface area contributed by atoms with Crippen molar-refractivity contribution < 1.29 is 18.3 Å². The monoisotopic (exact) mass is 229 g/mol. The highest BCUT2D eigenvalue weighted by molar-refractivity contribution is 5.26. The molecule has 0 spiro atoms. The van der Waals surface area contributed by atoms with Crippen LogP contribution in [0.2, 0.25) is 0 Å². The number of benzene rings is 1. The highest BCUT2D eigenvalue weighted by atomic mass is 19.2. The Hall–Kier alpha value is -1.20. The summed E-state index contributed by atoms with van der Waals surface area (Å²) in [5, 5.41) is 0. The van der Waals surface area contributed by atoms with Crippen molar-refractivity contribution in [3.63, 3.8) is 0 Å². The first-order valence-corrected chi connectivity index (χ1v) is 5.02. The highest BCUT2D eigenvalue weighted by Crippen LogP contribution is 2.29. The minimum atomic E-state index is -0.974. The third-order valence-electron chi connectivity index (χ3n) is 2.76. The number of ether oxygens (including phenoxy) is 2. The Kier molecular flexibility index (Phi) is 3.07. The summed E-state index contributed by atoms with van der Waals surface area (Å²) in [6.07, 6.45) is 0.00744. The maximum Gasteiger partial charge on any atom is 0.200 e. The summed E-state index contributed by atoms with van der Waals surface area (Å²) < 4.78 is 36.6. The fourth-order valence-corrected chi connectivity index (χ4v) is 1.80. The maximum absolute atomic E-state index is 13.3. The average Bonchev–Trinajstić information content (AvgIpc) is 2.24. The van der Waals surface area contributed by atoms with Gasteiger partial charge in [-0.3, -0.25) is 0 Å². The van der Waals surface area contributed by atoms with Gasteiger partial charge in [-0.1, -0.05) is 6.07 Å². The van der Waals surface area contributed by atoms with Gasteiger partial charge in [-0.2, -0.15) is 4.39 Å². The lowest BCUT2D eigenvalue weighted by atomic mass is 9.86. The molecule has 2 N–H and O–H groups in total. The molecule has 88 valence electrons. The first-order valence-electron chi connectivity index (χ1n) is 5.02. The third kappa shape index (κ3) is 1.88. The van der Waals surface area contributed by atoms with E-state index in [9.17, 15) is 8.78 Å². The number of hydrogen-bond donors (Lipinski definition) is 1. The number of halogens is 2. The molecule has 1 fully saturated rings. The largest absolute Gasteiger partial charge is 0.484 e. The van der Waals surface area contributed by atoms with Gasteiger partial charge in [-0.15, -0.1) is 0 Å². The molecule has 0 amide bonds. The topological polar surface area (TPSA) is 44.5 Å². The second-order valence-electron chi connectivity index (χ2n) is 3.81. The lowest BCUT2D eigenvalue weighted by Gasteiger charge is -2.40. The molecule has 0 aliphatic heterocycles. The lowest BCUT2D eigenvalue weighted by Crippen LogP contribution is -2.59. The summed E-state index contributed by atoms with van der Waals surface area (Å²) in [7, 11) is 1.52. The normalized spacial score (nSPS) is 28.6. The van der Waals surface area contributed by atoms with Crippen LogP contribution in [-0.2, 0) is 4.74 Å². The van der Waals surface area contributed by atoms with Crippen molar-refractivity contribution in [2.24, 2.45) is 5.73 Å². The molecule has 1 aliphatic carbocycles. The minimum absolute atomic E-state index is 0.0982. The minimum Gasteiger partial charge on any atom is -0.484 e. The zero-order valence-electron chi connectivity index (χ0n) is 8.82. The summed E-state index contributed by atoms with van der Waals surface area (Å²) >= 11 is 0. The SMILES string of the molecule is COC1C(N)CC1Oc1cccc(F)c1F. The smallest absolute Gasteiger partial charge is 0.200 e. The zero-order valence-corrected chi connectivity index (χ0v) is 8.82. The molecule has 0 heterocycles. The van der Waals surface area contributed by atoms with Gasteiger partial charge in [0.2, 0.25) is 5.82 Å². The van der Waals surface area contributed by atoms with Crippen molar-refractivity contribution in [2.75, 3.05) is 7.11 Å². The summed E-state index contributed by atoms with van der Waals surface area (Å²) in [6.45, 7) is 0. The molecular formula is C11H13F2NO2. The van der Waals surface area contributed by atoms with Crippen molar-refractivity contribution >= 4 is 0 Å². The van der Waals surface area contributed by atoms with Gasteiger partial charge in [-0.25, -0.2) is 4.39 Å². The molecule has 1 saturated carbocycles. The van der Waals surface area contributed by atoms with Crippen LogP contribution in [0.25, 0.3) is 0 Å². The van der Waals surface area contributed by atoms with E-state index >= 15 is 0 Å². The van der Waals surface area contributed by atoms with Crippen LogP contribution in [0.3, 0.4) is 0 Å². The van der Waals surface area contributed by atoms with Crippen molar-refractivity contribution in [3.8, 4) is 5.75 Å². The summed E-state index contributed by atoms with van der Waals surface area (Å²) in [4.78, 5) is 0. The fourth-order valence-electron chi connectivity index (χ4n) is 1.80. The van der Waals surface area contributed by atoms with Crippen LogP contribution in [0, 0.1) is 11.6 Å². The Balaban J connectivity index is 2.07. The standard InChI is InChI=1S/C11H13F2NO2/c1-15-11-7(14)5-9(11)16-8-4-2-3-6(12)10(8)13/h2-4,7,9,11H,5,14H2,1H3. The number of nitrogens with two attached hydrogens (primary N) is 1. The molecule has 1 aromatic rings. The molecule has 0 radical (unpaired) electrons. The molecule has 5 heteroatoms. The third-order valence-corrected chi connectivity index (χ3v) is 2.76. The van der Waals surface area contributed by atoms with E-state index in [1.165, 1.54) is 19.2 Å². The van der Waals surface area contributed by atoms with Crippen LogP contribution >= 0.6 is 0 Å². The highest BCUT2D eigenvalue weighted by Gasteiger charge is 2.41. The van der Waals surface area contributed by atoms with Crippen LogP contribution in [0.15, 0.2) is 18.2 Å². The van der Waals surface area contributed by atoms with Crippen LogP contribution in [0.1, 0.15) is 6.42 Å². The molecule has 3 atom stereocenters. The molecule has 0 bridgehead atoms. The fraction of sp³-hybridized carbons (Fsp3) is 0.455. The van der Waals surface area contributed by atoms with Gasteiger partial charge in [0.05, 0.1) is 0 Å². The Bertz CT molecular complexity index is 386. The van der Waals surface area contributed by atoms with E-state index in [4.69, 9.17) is 15.2 Å². The van der Waals surface area contributed by atoms with Crippen LogP contribution in [-0.4, -0.2) is 25.4 Å². The average molecular weight is 229 g/mol. The Morgan fingerprint density at radius 2 is 2.12 bits per heavy atom. The van der Waals surface area contributed by atoms with Crippen molar-refractivity contribution in [3.05, 3.63) is 29.8 Å². The predicted octanol–water partition coefficient (Wildman–Crippen LogP) is 1.46. The first kappa shape index (κ1) is 11.3. The van der Waals surface area contributed by atoms with E-state index < -0.39 is 11.6 Å². The molecule has 3 nitrogen and oxygen atoms in total. The number of rotatable bonds is 3. The van der Waals surface area contributed by atoms with E-state index in [0.717, 1.165) is 6.07 Å². The Morgan fingerprint density at radius 3 is 2.75 bits per heavy atom. The summed E-state index contributed by atoms with van der Waals surface area (Å²) in [5.41, 5.74) is 5.67. The van der Waals surface area contributed by atoms with E-state index in [1.807, 2.05) is 0 Å². The van der Waals surface area contributed by atoms with Gasteiger partial charge in [0.25, 0.3) is 0 Å². The second kappa shape index (κ2) is 4.35. The van der Waals surface area contributed by atoms with Gasteiger partial charge in [-0.05, 0) is 12.1 Å². The van der Waals surface area contributed by atoms with Gasteiger partial charge < -0.3 is 15.2 Å². The van der Waals surface area contributed by atoms with Gasteiger partial charge in [0.1, 0.15) is 12.2 Å². The lowest BCUT2D eigenvalue weighted by molar-refractivity contribution is -0.0795. The molecule has 1 aromatic carbocycles. The molecule has 1 aliphatic rings. The zero-order chi connectivity index (χ0) is 11.7. The second-order valence-corrected chi connectivity index (χ2v) is 3.81. The van der Waals surface area contributed by atoms with E-state index in [2.05, 4.69) is 0 Å². The quantitative estimate of drug-likeness (QED) is 0.853. The predicted molar refractivity (Wildman–Crippen MR) is 54.2 cm³/mol. The van der Waals surface area contributed by atoms with Gasteiger partial charge in [0.15, 0.2) is 11.6 Å². The molecule has 0 aromatic heterocycles. The summed E-state index contributed by atoms with van der Waals surface area (Å²) in [5.74, 6) is -1.99. The molecule has 0 saturated heterocycles. The molecule has 2 rings (SSSR count). The number of hydrogen-bond acceptors (Lipinski definition) is 3. The van der Waals surface area contributed by atoms with E-state index in [1.54, 1.807) is 0 Å². The van der Waals surface area contributed by atoms with Gasteiger partial charge >= 0.3 is 0 Å². The summed E-state index contributed by atoms with van der Waals surface area (Å²) in [6, 6.07) is 3.72. The number of methoxy groups -OCH3 is 1. The maximum atomic E-state index is 13.3. The van der Waals surface area contributed by atoms with E-state index in [-0.39, 0.29) is 24.0 Å². The molecule has 16 heavy (non-hydrogen) atoms. The van der Waals surface area contributed by atoms with Crippen molar-refractivity contribution in [1.82, 2.24) is 0 Å². The Morgan fingerprint density at radius 1 is 1.38 bits per heavy atom. The molecule has 3 unspecified atom stereocenters. The Labute approximate surface area is 92.1 Å². The van der Waals surface area contributed by atoms with Gasteiger partial charge in [0, 0.05) is 19.6 Å². The van der Waals surface area contributed by atoms with Crippen molar-refractivity contribution in [2.45, 2.75) is 24.7 Å². The first-order chi connectivity index (χ1) is 7.63.